The van der Waals surface area contributed by atoms with Crippen molar-refractivity contribution in [1.29, 1.82) is 0 Å². The van der Waals surface area contributed by atoms with Gasteiger partial charge in [0.05, 0.1) is 5.69 Å². The van der Waals surface area contributed by atoms with E-state index in [2.05, 4.69) is 37.6 Å². The number of phenols is 1. The highest BCUT2D eigenvalue weighted by Gasteiger charge is 2.21. The van der Waals surface area contributed by atoms with Gasteiger partial charge in [0.1, 0.15) is 5.75 Å². The lowest BCUT2D eigenvalue weighted by Crippen LogP contribution is -2.48. The van der Waals surface area contributed by atoms with E-state index in [0.717, 1.165) is 62.5 Å². The summed E-state index contributed by atoms with van der Waals surface area (Å²) in [5.41, 5.74) is 4.87. The summed E-state index contributed by atoms with van der Waals surface area (Å²) >= 11 is 0. The molecule has 2 aromatic rings. The first-order chi connectivity index (χ1) is 14.7. The van der Waals surface area contributed by atoms with Crippen molar-refractivity contribution in [3.8, 4) is 5.75 Å². The number of likely N-dealkylation sites (tertiary alicyclic amines) is 1. The Bertz CT molecular complexity index is 866. The molecule has 0 saturated carbocycles. The Morgan fingerprint density at radius 1 is 1.16 bits per heavy atom. The van der Waals surface area contributed by atoms with Gasteiger partial charge in [0.2, 0.25) is 0 Å². The number of hydrogen-bond acceptors (Lipinski definition) is 4. The smallest absolute Gasteiger partial charge is 0.191 e. The Labute approximate surface area is 202 Å². The number of nitrogens with one attached hydrogen (secondary N) is 2. The van der Waals surface area contributed by atoms with Gasteiger partial charge in [-0.1, -0.05) is 12.1 Å². The van der Waals surface area contributed by atoms with E-state index in [4.69, 9.17) is 0 Å². The van der Waals surface area contributed by atoms with Crippen molar-refractivity contribution in [1.82, 2.24) is 20.5 Å². The number of aromatic nitrogens is 1. The molecule has 3 N–H and O–H groups in total. The van der Waals surface area contributed by atoms with Gasteiger partial charge in [0.15, 0.2) is 5.96 Å². The number of phenolic OH excluding ortho intramolecular Hbond substituents is 1. The third-order valence-corrected chi connectivity index (χ3v) is 6.32. The number of benzene rings is 1. The number of guanidine groups is 1. The Morgan fingerprint density at radius 2 is 1.97 bits per heavy atom. The molecule has 0 bridgehead atoms. The van der Waals surface area contributed by atoms with Crippen molar-refractivity contribution in [2.75, 3.05) is 20.1 Å². The Kier molecular flexibility index (Phi) is 8.95. The fourth-order valence-electron chi connectivity index (χ4n) is 4.61. The first kappa shape index (κ1) is 23.8. The van der Waals surface area contributed by atoms with E-state index >= 15 is 0 Å². The molecule has 31 heavy (non-hydrogen) atoms. The lowest BCUT2D eigenvalue weighted by Gasteiger charge is -2.33. The molecular weight excluding hydrogens is 501 g/mol. The average molecular weight is 535 g/mol. The third-order valence-electron chi connectivity index (χ3n) is 6.32. The lowest BCUT2D eigenvalue weighted by atomic mass is 9.88. The molecule has 0 unspecified atom stereocenters. The molecule has 168 valence electrons. The van der Waals surface area contributed by atoms with Crippen molar-refractivity contribution in [3.63, 3.8) is 0 Å². The van der Waals surface area contributed by atoms with Gasteiger partial charge >= 0.3 is 0 Å². The highest BCUT2D eigenvalue weighted by molar-refractivity contribution is 14.0. The molecule has 1 saturated heterocycles. The van der Waals surface area contributed by atoms with Crippen LogP contribution in [0.15, 0.2) is 41.5 Å². The molecule has 1 aromatic carbocycles. The van der Waals surface area contributed by atoms with Crippen molar-refractivity contribution >= 4 is 29.9 Å². The number of fused-ring (bicyclic) bond motifs is 1. The lowest BCUT2D eigenvalue weighted by molar-refractivity contribution is 0.196. The van der Waals surface area contributed by atoms with E-state index < -0.39 is 0 Å². The molecule has 6 nitrogen and oxygen atoms in total. The SMILES string of the molecule is CN=C(NCc1c(O)ccc2c1CCCC2)NC1CCN(Cc2ccccn2)CC1.I. The van der Waals surface area contributed by atoms with E-state index in [1.54, 1.807) is 0 Å². The topological polar surface area (TPSA) is 72.8 Å². The number of pyridine rings is 1. The fourth-order valence-corrected chi connectivity index (χ4v) is 4.61. The summed E-state index contributed by atoms with van der Waals surface area (Å²) in [6, 6.07) is 10.4. The summed E-state index contributed by atoms with van der Waals surface area (Å²) < 4.78 is 0. The number of hydrogen-bond donors (Lipinski definition) is 3. The predicted molar refractivity (Wildman–Crippen MR) is 136 cm³/mol. The quantitative estimate of drug-likeness (QED) is 0.310. The van der Waals surface area contributed by atoms with Gasteiger partial charge in [0.25, 0.3) is 0 Å². The minimum absolute atomic E-state index is 0. The molecular formula is C24H34IN5O. The highest BCUT2D eigenvalue weighted by Crippen LogP contribution is 2.30. The number of rotatable bonds is 5. The van der Waals surface area contributed by atoms with Crippen LogP contribution in [0.3, 0.4) is 0 Å². The zero-order valence-corrected chi connectivity index (χ0v) is 20.6. The molecule has 2 aliphatic rings. The van der Waals surface area contributed by atoms with Crippen LogP contribution in [0, 0.1) is 0 Å². The molecule has 1 fully saturated rings. The maximum Gasteiger partial charge on any atom is 0.191 e. The summed E-state index contributed by atoms with van der Waals surface area (Å²) in [5.74, 6) is 1.20. The number of nitrogens with zero attached hydrogens (tertiary/aromatic N) is 3. The Hall–Kier alpha value is -1.87. The summed E-state index contributed by atoms with van der Waals surface area (Å²) in [4.78, 5) is 11.3. The van der Waals surface area contributed by atoms with Crippen LogP contribution in [0.25, 0.3) is 0 Å². The second-order valence-corrected chi connectivity index (χ2v) is 8.35. The molecule has 1 aliphatic heterocycles. The molecule has 1 aliphatic carbocycles. The normalized spacial score (nSPS) is 17.5. The first-order valence-electron chi connectivity index (χ1n) is 11.1. The van der Waals surface area contributed by atoms with Crippen LogP contribution >= 0.6 is 24.0 Å². The van der Waals surface area contributed by atoms with Crippen LogP contribution in [0.1, 0.15) is 48.1 Å². The Balaban J connectivity index is 0.00000272. The van der Waals surface area contributed by atoms with Gasteiger partial charge in [0, 0.05) is 51.0 Å². The zero-order chi connectivity index (χ0) is 20.8. The molecule has 0 atom stereocenters. The maximum atomic E-state index is 10.4. The van der Waals surface area contributed by atoms with Gasteiger partial charge in [-0.15, -0.1) is 24.0 Å². The standard InChI is InChI=1S/C24H33N5O.HI/c1-25-24(27-16-22-21-8-3-2-6-18(21)9-10-23(22)30)28-19-11-14-29(15-12-19)17-20-7-4-5-13-26-20;/h4-5,7,9-10,13,19,30H,2-3,6,8,11-12,14-17H2,1H3,(H2,25,27,28);1H. The third kappa shape index (κ3) is 6.32. The number of aromatic hydroxyl groups is 1. The summed E-state index contributed by atoms with van der Waals surface area (Å²) in [5, 5.41) is 17.4. The van der Waals surface area contributed by atoms with E-state index in [9.17, 15) is 5.11 Å². The summed E-state index contributed by atoms with van der Waals surface area (Å²) in [6.45, 7) is 3.63. The van der Waals surface area contributed by atoms with Crippen molar-refractivity contribution in [2.24, 2.45) is 4.99 Å². The minimum atomic E-state index is 0. The van der Waals surface area contributed by atoms with Crippen LogP contribution in [-0.2, 0) is 25.9 Å². The second-order valence-electron chi connectivity index (χ2n) is 8.35. The van der Waals surface area contributed by atoms with Gasteiger partial charge in [-0.3, -0.25) is 14.9 Å². The van der Waals surface area contributed by atoms with Crippen molar-refractivity contribution < 1.29 is 5.11 Å². The van der Waals surface area contributed by atoms with Crippen LogP contribution in [0.5, 0.6) is 5.75 Å². The highest BCUT2D eigenvalue weighted by atomic mass is 127. The zero-order valence-electron chi connectivity index (χ0n) is 18.3. The average Bonchev–Trinajstić information content (AvgIpc) is 2.79. The van der Waals surface area contributed by atoms with Gasteiger partial charge in [-0.2, -0.15) is 0 Å². The molecule has 1 aromatic heterocycles. The molecule has 0 spiro atoms. The molecule has 4 rings (SSSR count). The number of halogens is 1. The van der Waals surface area contributed by atoms with E-state index in [1.807, 2.05) is 31.4 Å². The number of aliphatic imine (C=N–C) groups is 1. The largest absolute Gasteiger partial charge is 0.508 e. The van der Waals surface area contributed by atoms with E-state index in [-0.39, 0.29) is 24.0 Å². The monoisotopic (exact) mass is 535 g/mol. The first-order valence-corrected chi connectivity index (χ1v) is 11.1. The predicted octanol–water partition coefficient (Wildman–Crippen LogP) is 3.61. The maximum absolute atomic E-state index is 10.4. The van der Waals surface area contributed by atoms with Crippen LogP contribution in [-0.4, -0.2) is 47.1 Å². The molecule has 7 heteroatoms. The number of piperidine rings is 1. The van der Waals surface area contributed by atoms with Crippen LogP contribution < -0.4 is 10.6 Å². The molecule has 0 amide bonds. The van der Waals surface area contributed by atoms with Gasteiger partial charge in [-0.05, 0) is 67.9 Å². The summed E-state index contributed by atoms with van der Waals surface area (Å²) in [7, 11) is 1.81. The van der Waals surface area contributed by atoms with Gasteiger partial charge in [-0.25, -0.2) is 0 Å². The Morgan fingerprint density at radius 3 is 2.71 bits per heavy atom. The van der Waals surface area contributed by atoms with E-state index in [0.29, 0.717) is 18.3 Å². The van der Waals surface area contributed by atoms with Crippen molar-refractivity contribution in [3.05, 3.63) is 58.9 Å². The van der Waals surface area contributed by atoms with Crippen LogP contribution in [0.4, 0.5) is 0 Å². The fraction of sp³-hybridized carbons (Fsp3) is 0.500. The molecule has 0 radical (unpaired) electrons. The minimum Gasteiger partial charge on any atom is -0.508 e. The van der Waals surface area contributed by atoms with Crippen molar-refractivity contribution in [2.45, 2.75) is 57.7 Å². The second kappa shape index (κ2) is 11.7. The summed E-state index contributed by atoms with van der Waals surface area (Å²) in [6.07, 6.45) is 8.65. The molecule has 2 heterocycles. The number of aryl methyl sites for hydroxylation is 1. The van der Waals surface area contributed by atoms with E-state index in [1.165, 1.54) is 24.0 Å². The van der Waals surface area contributed by atoms with Gasteiger partial charge < -0.3 is 15.7 Å². The van der Waals surface area contributed by atoms with Crippen LogP contribution in [0.2, 0.25) is 0 Å².